The summed E-state index contributed by atoms with van der Waals surface area (Å²) in [7, 11) is 0. The number of aromatic nitrogens is 3. The van der Waals surface area contributed by atoms with Crippen LogP contribution in [0.1, 0.15) is 12.0 Å². The first-order valence-corrected chi connectivity index (χ1v) is 6.11. The number of nitrogens with one attached hydrogen (secondary N) is 1. The van der Waals surface area contributed by atoms with Gasteiger partial charge in [-0.05, 0) is 24.5 Å². The average Bonchev–Trinajstić information content (AvgIpc) is 2.37. The predicted octanol–water partition coefficient (Wildman–Crippen LogP) is 1.24. The van der Waals surface area contributed by atoms with E-state index in [4.69, 9.17) is 16.2 Å². The van der Waals surface area contributed by atoms with Crippen molar-refractivity contribution in [2.75, 3.05) is 23.4 Å². The van der Waals surface area contributed by atoms with Crippen molar-refractivity contribution in [3.8, 4) is 5.75 Å². The van der Waals surface area contributed by atoms with Gasteiger partial charge in [0.2, 0.25) is 17.8 Å². The summed E-state index contributed by atoms with van der Waals surface area (Å²) in [6.07, 6.45) is 1.63. The summed E-state index contributed by atoms with van der Waals surface area (Å²) < 4.78 is 19.2. The van der Waals surface area contributed by atoms with E-state index in [-0.39, 0.29) is 17.8 Å². The summed E-state index contributed by atoms with van der Waals surface area (Å²) in [5, 5.41) is 2.86. The third-order valence-electron chi connectivity index (χ3n) is 2.88. The van der Waals surface area contributed by atoms with Gasteiger partial charge < -0.3 is 21.5 Å². The number of aryl methyl sites for hydroxylation is 1. The van der Waals surface area contributed by atoms with Crippen LogP contribution in [0.5, 0.6) is 5.75 Å². The van der Waals surface area contributed by atoms with E-state index in [9.17, 15) is 4.39 Å². The largest absolute Gasteiger partial charge is 0.490 e. The van der Waals surface area contributed by atoms with Crippen molar-refractivity contribution in [2.24, 2.45) is 0 Å². The van der Waals surface area contributed by atoms with E-state index in [1.165, 1.54) is 6.07 Å². The van der Waals surface area contributed by atoms with Gasteiger partial charge in [-0.3, -0.25) is 0 Å². The monoisotopic (exact) mass is 276 g/mol. The molecule has 0 saturated carbocycles. The Morgan fingerprint density at radius 1 is 1.15 bits per heavy atom. The summed E-state index contributed by atoms with van der Waals surface area (Å²) in [5.74, 6) is 0.0748. The Balaban J connectivity index is 1.92. The van der Waals surface area contributed by atoms with Crippen LogP contribution in [0.3, 0.4) is 0 Å². The highest BCUT2D eigenvalue weighted by atomic mass is 19.1. The normalized spacial score (nSPS) is 13.4. The molecule has 3 rings (SSSR count). The number of nitrogen functional groups attached to an aromatic ring is 2. The predicted molar refractivity (Wildman–Crippen MR) is 72.2 cm³/mol. The SMILES string of the molecule is Nc1nc(N)nc(Nc2cc(F)c3c(c2)CCCO3)n1. The molecular weight excluding hydrogens is 263 g/mol. The average molecular weight is 276 g/mol. The van der Waals surface area contributed by atoms with Gasteiger partial charge in [0.15, 0.2) is 11.6 Å². The minimum atomic E-state index is -0.417. The molecule has 1 aromatic heterocycles. The molecule has 8 heteroatoms. The molecule has 0 fully saturated rings. The molecule has 0 atom stereocenters. The molecule has 20 heavy (non-hydrogen) atoms. The van der Waals surface area contributed by atoms with Gasteiger partial charge in [-0.15, -0.1) is 0 Å². The Bertz CT molecular complexity index is 642. The number of nitrogens with two attached hydrogens (primary N) is 2. The van der Waals surface area contributed by atoms with Crippen LogP contribution in [-0.2, 0) is 6.42 Å². The standard InChI is InChI=1S/C12H13FN6O/c13-8-5-7(4-6-2-1-3-20-9(6)8)16-12-18-10(14)17-11(15)19-12/h4-5H,1-3H2,(H5,14,15,16,17,18,19). The van der Waals surface area contributed by atoms with E-state index >= 15 is 0 Å². The number of hydrogen-bond donors (Lipinski definition) is 3. The first-order chi connectivity index (χ1) is 9.61. The van der Waals surface area contributed by atoms with Gasteiger partial charge in [-0.2, -0.15) is 15.0 Å². The fraction of sp³-hybridized carbons (Fsp3) is 0.250. The molecule has 5 N–H and O–H groups in total. The summed E-state index contributed by atoms with van der Waals surface area (Å²) in [5.41, 5.74) is 12.3. The Morgan fingerprint density at radius 2 is 1.90 bits per heavy atom. The van der Waals surface area contributed by atoms with E-state index in [0.717, 1.165) is 18.4 Å². The molecule has 0 aliphatic carbocycles. The molecule has 0 amide bonds. The lowest BCUT2D eigenvalue weighted by atomic mass is 10.1. The number of rotatable bonds is 2. The van der Waals surface area contributed by atoms with Gasteiger partial charge in [0.25, 0.3) is 0 Å². The van der Waals surface area contributed by atoms with Crippen molar-refractivity contribution < 1.29 is 9.13 Å². The maximum absolute atomic E-state index is 13.9. The lowest BCUT2D eigenvalue weighted by molar-refractivity contribution is 0.273. The van der Waals surface area contributed by atoms with E-state index in [0.29, 0.717) is 18.0 Å². The van der Waals surface area contributed by atoms with Crippen LogP contribution in [0.2, 0.25) is 0 Å². The van der Waals surface area contributed by atoms with Crippen LogP contribution in [-0.4, -0.2) is 21.6 Å². The van der Waals surface area contributed by atoms with Crippen molar-refractivity contribution in [1.82, 2.24) is 15.0 Å². The smallest absolute Gasteiger partial charge is 0.233 e. The minimum absolute atomic E-state index is 0.00163. The van der Waals surface area contributed by atoms with Crippen molar-refractivity contribution in [2.45, 2.75) is 12.8 Å². The maximum atomic E-state index is 13.9. The van der Waals surface area contributed by atoms with Crippen LogP contribution in [0, 0.1) is 5.82 Å². The second kappa shape index (κ2) is 4.80. The van der Waals surface area contributed by atoms with Crippen molar-refractivity contribution >= 4 is 23.5 Å². The van der Waals surface area contributed by atoms with E-state index in [2.05, 4.69) is 20.3 Å². The Hall–Kier alpha value is -2.64. The molecular formula is C12H13FN6O. The van der Waals surface area contributed by atoms with E-state index in [1.807, 2.05) is 0 Å². The second-order valence-electron chi connectivity index (χ2n) is 4.40. The Labute approximate surface area is 114 Å². The third kappa shape index (κ3) is 2.40. The van der Waals surface area contributed by atoms with Gasteiger partial charge in [0, 0.05) is 11.8 Å². The summed E-state index contributed by atoms with van der Waals surface area (Å²) in [6.45, 7) is 0.539. The van der Waals surface area contributed by atoms with E-state index < -0.39 is 5.82 Å². The van der Waals surface area contributed by atoms with Crippen molar-refractivity contribution in [3.05, 3.63) is 23.5 Å². The van der Waals surface area contributed by atoms with Crippen molar-refractivity contribution in [3.63, 3.8) is 0 Å². The third-order valence-corrected chi connectivity index (χ3v) is 2.88. The van der Waals surface area contributed by atoms with Gasteiger partial charge in [0.1, 0.15) is 0 Å². The second-order valence-corrected chi connectivity index (χ2v) is 4.40. The molecule has 0 spiro atoms. The highest BCUT2D eigenvalue weighted by Gasteiger charge is 2.16. The molecule has 1 aliphatic rings. The fourth-order valence-corrected chi connectivity index (χ4v) is 2.10. The number of benzene rings is 1. The number of ether oxygens (including phenoxy) is 1. The maximum Gasteiger partial charge on any atom is 0.233 e. The van der Waals surface area contributed by atoms with Crippen LogP contribution in [0.4, 0.5) is 27.9 Å². The molecule has 1 aliphatic heterocycles. The number of hydrogen-bond acceptors (Lipinski definition) is 7. The molecule has 2 heterocycles. The molecule has 0 bridgehead atoms. The quantitative estimate of drug-likeness (QED) is 0.756. The van der Waals surface area contributed by atoms with E-state index in [1.54, 1.807) is 6.07 Å². The molecule has 7 nitrogen and oxygen atoms in total. The van der Waals surface area contributed by atoms with Gasteiger partial charge in [0.05, 0.1) is 6.61 Å². The lowest BCUT2D eigenvalue weighted by Gasteiger charge is -2.19. The lowest BCUT2D eigenvalue weighted by Crippen LogP contribution is -2.11. The van der Waals surface area contributed by atoms with Crippen LogP contribution in [0.25, 0.3) is 0 Å². The first-order valence-electron chi connectivity index (χ1n) is 6.11. The van der Waals surface area contributed by atoms with Gasteiger partial charge >= 0.3 is 0 Å². The van der Waals surface area contributed by atoms with Crippen molar-refractivity contribution in [1.29, 1.82) is 0 Å². The van der Waals surface area contributed by atoms with Crippen LogP contribution in [0.15, 0.2) is 12.1 Å². The highest BCUT2D eigenvalue weighted by molar-refractivity contribution is 5.59. The summed E-state index contributed by atoms with van der Waals surface area (Å²) in [6, 6.07) is 3.12. The fourth-order valence-electron chi connectivity index (χ4n) is 2.10. The number of nitrogens with zero attached hydrogens (tertiary/aromatic N) is 3. The van der Waals surface area contributed by atoms with Crippen LogP contribution >= 0.6 is 0 Å². The van der Waals surface area contributed by atoms with Gasteiger partial charge in [-0.1, -0.05) is 0 Å². The molecule has 2 aromatic rings. The summed E-state index contributed by atoms with van der Waals surface area (Å²) >= 11 is 0. The highest BCUT2D eigenvalue weighted by Crippen LogP contribution is 2.31. The van der Waals surface area contributed by atoms with Gasteiger partial charge in [-0.25, -0.2) is 4.39 Å². The number of fused-ring (bicyclic) bond motifs is 1. The zero-order valence-electron chi connectivity index (χ0n) is 10.6. The topological polar surface area (TPSA) is 112 Å². The zero-order chi connectivity index (χ0) is 14.1. The summed E-state index contributed by atoms with van der Waals surface area (Å²) in [4.78, 5) is 11.4. The first kappa shape index (κ1) is 12.4. The molecule has 104 valence electrons. The van der Waals surface area contributed by atoms with Crippen LogP contribution < -0.4 is 21.5 Å². The Morgan fingerprint density at radius 3 is 2.65 bits per heavy atom. The molecule has 0 unspecified atom stereocenters. The minimum Gasteiger partial charge on any atom is -0.490 e. The molecule has 0 radical (unpaired) electrons. The molecule has 1 aromatic carbocycles. The Kier molecular flexibility index (Phi) is 2.97. The molecule has 0 saturated heterocycles. The number of anilines is 4. The number of halogens is 1. The zero-order valence-corrected chi connectivity index (χ0v) is 10.6.